The Kier molecular flexibility index (Phi) is 28.9. The van der Waals surface area contributed by atoms with Gasteiger partial charge >= 0.3 is 12.1 Å². The van der Waals surface area contributed by atoms with Gasteiger partial charge in [-0.2, -0.15) is 0 Å². The van der Waals surface area contributed by atoms with Gasteiger partial charge in [0.15, 0.2) is 6.23 Å². The molecule has 2 rings (SSSR count). The van der Waals surface area contributed by atoms with Crippen molar-refractivity contribution >= 4 is 12.1 Å². The van der Waals surface area contributed by atoms with Gasteiger partial charge in [0, 0.05) is 13.1 Å². The summed E-state index contributed by atoms with van der Waals surface area (Å²) in [6.45, 7) is 4.81. The zero-order chi connectivity index (χ0) is 39.8. The number of ether oxygens (including phenoxy) is 2. The maximum atomic E-state index is 13.8. The number of aliphatic hydroxyl groups excluding tert-OH is 3. The Bertz CT molecular complexity index is 1060. The standard InChI is InChI=1S/C45H81N3O7/c1-3-5-7-9-11-13-15-16-17-18-19-20-22-24-26-31-35-48(44(52)46-34-30-25-23-21-14-12-10-8-6-4-2)43-40(42(51)41(50)39(36-49)55-43)47-45(53)54-37-38-32-28-27-29-33-38/h27-29,32-33,39-43,49-51H,3-26,30-31,34-37H2,1-2H3,(H,46,52)(H,47,53)/t39-,40-,41+,42-,43-/m1/s1. The fraction of sp³-hybridized carbons (Fsp3) is 0.822. The fourth-order valence-corrected chi connectivity index (χ4v) is 7.51. The van der Waals surface area contributed by atoms with Crippen molar-refractivity contribution in [3.63, 3.8) is 0 Å². The number of unbranched alkanes of at least 4 members (excludes halogenated alkanes) is 24. The summed E-state index contributed by atoms with van der Waals surface area (Å²) >= 11 is 0. The van der Waals surface area contributed by atoms with E-state index in [0.29, 0.717) is 13.1 Å². The van der Waals surface area contributed by atoms with Crippen LogP contribution in [0.25, 0.3) is 0 Å². The number of nitrogens with zero attached hydrogens (tertiary/aromatic N) is 1. The van der Waals surface area contributed by atoms with Gasteiger partial charge in [0.05, 0.1) is 6.61 Å². The molecule has 0 unspecified atom stereocenters. The summed E-state index contributed by atoms with van der Waals surface area (Å²) in [6.07, 6.45) is 25.8. The number of amides is 3. The van der Waals surface area contributed by atoms with Crippen molar-refractivity contribution in [2.75, 3.05) is 19.7 Å². The lowest BCUT2D eigenvalue weighted by atomic mass is 9.95. The summed E-state index contributed by atoms with van der Waals surface area (Å²) in [5.41, 5.74) is 0.798. The number of carbonyl (C=O) groups excluding carboxylic acids is 2. The average molecular weight is 776 g/mol. The van der Waals surface area contributed by atoms with Gasteiger partial charge < -0.3 is 35.4 Å². The third-order valence-corrected chi connectivity index (χ3v) is 11.0. The first-order valence-electron chi connectivity index (χ1n) is 22.6. The van der Waals surface area contributed by atoms with Crippen molar-refractivity contribution in [2.24, 2.45) is 0 Å². The maximum Gasteiger partial charge on any atom is 0.407 e. The summed E-state index contributed by atoms with van der Waals surface area (Å²) in [6, 6.07) is 7.71. The fourth-order valence-electron chi connectivity index (χ4n) is 7.51. The molecule has 1 heterocycles. The van der Waals surface area contributed by atoms with Gasteiger partial charge in [-0.1, -0.05) is 198 Å². The van der Waals surface area contributed by atoms with Crippen LogP contribution in [0, 0.1) is 0 Å². The van der Waals surface area contributed by atoms with E-state index < -0.39 is 43.3 Å². The van der Waals surface area contributed by atoms with Crippen LogP contribution in [0.3, 0.4) is 0 Å². The van der Waals surface area contributed by atoms with Gasteiger partial charge in [-0.3, -0.25) is 4.90 Å². The first-order chi connectivity index (χ1) is 26.9. The number of alkyl carbamates (subject to hydrolysis) is 1. The van der Waals surface area contributed by atoms with E-state index in [4.69, 9.17) is 9.47 Å². The number of nitrogens with one attached hydrogen (secondary N) is 2. The molecule has 318 valence electrons. The van der Waals surface area contributed by atoms with Crippen molar-refractivity contribution in [1.29, 1.82) is 0 Å². The van der Waals surface area contributed by atoms with Gasteiger partial charge in [-0.15, -0.1) is 0 Å². The quantitative estimate of drug-likeness (QED) is 0.0448. The number of hydrogen-bond donors (Lipinski definition) is 5. The zero-order valence-electron chi connectivity index (χ0n) is 34.9. The molecule has 0 bridgehead atoms. The van der Waals surface area contributed by atoms with Crippen molar-refractivity contribution in [1.82, 2.24) is 15.5 Å². The summed E-state index contributed by atoms with van der Waals surface area (Å²) < 4.78 is 11.5. The van der Waals surface area contributed by atoms with Gasteiger partial charge in [0.2, 0.25) is 0 Å². The molecule has 1 saturated heterocycles. The van der Waals surface area contributed by atoms with Crippen LogP contribution < -0.4 is 10.6 Å². The van der Waals surface area contributed by atoms with E-state index in [1.54, 1.807) is 0 Å². The Morgan fingerprint density at radius 2 is 1.11 bits per heavy atom. The second kappa shape index (κ2) is 32.7. The molecule has 10 heteroatoms. The highest BCUT2D eigenvalue weighted by molar-refractivity contribution is 5.75. The summed E-state index contributed by atoms with van der Waals surface area (Å²) in [7, 11) is 0. The van der Waals surface area contributed by atoms with Crippen LogP contribution in [-0.2, 0) is 16.1 Å². The van der Waals surface area contributed by atoms with E-state index in [9.17, 15) is 24.9 Å². The molecule has 0 radical (unpaired) electrons. The highest BCUT2D eigenvalue weighted by Crippen LogP contribution is 2.25. The lowest BCUT2D eigenvalue weighted by Crippen LogP contribution is -2.69. The van der Waals surface area contributed by atoms with E-state index in [0.717, 1.165) is 50.5 Å². The zero-order valence-corrected chi connectivity index (χ0v) is 34.9. The molecule has 1 aromatic rings. The Morgan fingerprint density at radius 3 is 1.58 bits per heavy atom. The predicted octanol–water partition coefficient (Wildman–Crippen LogP) is 9.91. The smallest absolute Gasteiger partial charge is 0.407 e. The maximum absolute atomic E-state index is 13.8. The van der Waals surface area contributed by atoms with Crippen molar-refractivity contribution in [3.8, 4) is 0 Å². The molecule has 0 spiro atoms. The third-order valence-electron chi connectivity index (χ3n) is 11.0. The first kappa shape index (κ1) is 48.7. The van der Waals surface area contributed by atoms with Crippen molar-refractivity contribution < 1.29 is 34.4 Å². The molecule has 3 amide bonds. The number of aliphatic hydroxyl groups is 3. The van der Waals surface area contributed by atoms with Gasteiger partial charge in [-0.25, -0.2) is 9.59 Å². The number of carbonyl (C=O) groups is 2. The predicted molar refractivity (Wildman–Crippen MR) is 223 cm³/mol. The minimum Gasteiger partial charge on any atom is -0.445 e. The lowest BCUT2D eigenvalue weighted by molar-refractivity contribution is -0.222. The highest BCUT2D eigenvalue weighted by atomic mass is 16.6. The molecule has 0 aliphatic carbocycles. The Balaban J connectivity index is 1.89. The molecule has 1 aliphatic rings. The van der Waals surface area contributed by atoms with E-state index in [-0.39, 0.29) is 12.6 Å². The van der Waals surface area contributed by atoms with Crippen LogP contribution in [-0.4, -0.2) is 82.6 Å². The normalized spacial score (nSPS) is 19.6. The molecule has 5 atom stereocenters. The van der Waals surface area contributed by atoms with Gasteiger partial charge in [0.1, 0.15) is 31.0 Å². The van der Waals surface area contributed by atoms with Crippen LogP contribution in [0.15, 0.2) is 30.3 Å². The van der Waals surface area contributed by atoms with E-state index in [2.05, 4.69) is 24.5 Å². The van der Waals surface area contributed by atoms with Gasteiger partial charge in [-0.05, 0) is 18.4 Å². The number of benzene rings is 1. The highest BCUT2D eigenvalue weighted by Gasteiger charge is 2.48. The van der Waals surface area contributed by atoms with Crippen molar-refractivity contribution in [2.45, 2.75) is 218 Å². The molecular weight excluding hydrogens is 695 g/mol. The van der Waals surface area contributed by atoms with Crippen LogP contribution in [0.4, 0.5) is 9.59 Å². The minimum atomic E-state index is -1.50. The second-order valence-electron chi connectivity index (χ2n) is 15.9. The molecule has 55 heavy (non-hydrogen) atoms. The Hall–Kier alpha value is -2.40. The van der Waals surface area contributed by atoms with Gasteiger partial charge in [0.25, 0.3) is 0 Å². The Morgan fingerprint density at radius 1 is 0.655 bits per heavy atom. The van der Waals surface area contributed by atoms with Crippen LogP contribution in [0.1, 0.15) is 186 Å². The molecule has 5 N–H and O–H groups in total. The molecule has 0 aromatic heterocycles. The monoisotopic (exact) mass is 776 g/mol. The van der Waals surface area contributed by atoms with Crippen molar-refractivity contribution in [3.05, 3.63) is 35.9 Å². The van der Waals surface area contributed by atoms with E-state index >= 15 is 0 Å². The summed E-state index contributed by atoms with van der Waals surface area (Å²) in [5, 5.41) is 37.7. The molecule has 1 fully saturated rings. The van der Waals surface area contributed by atoms with E-state index in [1.165, 1.54) is 127 Å². The largest absolute Gasteiger partial charge is 0.445 e. The average Bonchev–Trinajstić information content (AvgIpc) is 3.20. The third kappa shape index (κ3) is 22.2. The van der Waals surface area contributed by atoms with E-state index in [1.807, 2.05) is 30.3 Å². The summed E-state index contributed by atoms with van der Waals surface area (Å²) in [5.74, 6) is 0. The van der Waals surface area contributed by atoms with Crippen LogP contribution >= 0.6 is 0 Å². The topological polar surface area (TPSA) is 141 Å². The SMILES string of the molecule is CCCCCCCCCCCCCCCCCCN(C(=O)NCCCCCCCCCCCC)[C@@H]1O[C@H](CO)[C@H](O)[C@H](O)[C@H]1NC(=O)OCc1ccccc1. The first-order valence-corrected chi connectivity index (χ1v) is 22.6. The minimum absolute atomic E-state index is 0.0189. The molecule has 1 aliphatic heterocycles. The molecule has 1 aromatic carbocycles. The molecule has 0 saturated carbocycles. The lowest BCUT2D eigenvalue weighted by Gasteiger charge is -2.46. The van der Waals surface area contributed by atoms with Crippen LogP contribution in [0.5, 0.6) is 0 Å². The van der Waals surface area contributed by atoms with Crippen LogP contribution in [0.2, 0.25) is 0 Å². The number of hydrogen-bond acceptors (Lipinski definition) is 7. The molecular formula is C45H81N3O7. The number of rotatable bonds is 33. The molecule has 10 nitrogen and oxygen atoms in total. The summed E-state index contributed by atoms with van der Waals surface area (Å²) in [4.78, 5) is 28.3. The number of urea groups is 1. The Labute approximate surface area is 334 Å². The second-order valence-corrected chi connectivity index (χ2v) is 15.9.